The summed E-state index contributed by atoms with van der Waals surface area (Å²) in [5.74, 6) is 1.01. The molecule has 0 aromatic carbocycles. The van der Waals surface area contributed by atoms with Crippen molar-refractivity contribution in [2.24, 2.45) is 5.92 Å². The summed E-state index contributed by atoms with van der Waals surface area (Å²) in [6.07, 6.45) is 1.05. The molecule has 70 valence electrons. The summed E-state index contributed by atoms with van der Waals surface area (Å²) in [6.45, 7) is 9.33. The molecule has 0 saturated carbocycles. The van der Waals surface area contributed by atoms with Crippen molar-refractivity contribution in [2.45, 2.75) is 46.2 Å². The number of hydrogen-bond donors (Lipinski definition) is 0. The lowest BCUT2D eigenvalue weighted by atomic mass is 10.1. The van der Waals surface area contributed by atoms with Gasteiger partial charge in [-0.1, -0.05) is 6.92 Å². The van der Waals surface area contributed by atoms with E-state index in [9.17, 15) is 4.79 Å². The van der Waals surface area contributed by atoms with Crippen LogP contribution in [0.2, 0.25) is 0 Å². The van der Waals surface area contributed by atoms with Gasteiger partial charge in [-0.3, -0.25) is 9.69 Å². The van der Waals surface area contributed by atoms with E-state index in [-0.39, 0.29) is 6.04 Å². The summed E-state index contributed by atoms with van der Waals surface area (Å²) in [4.78, 5) is 13.6. The Morgan fingerprint density at radius 3 is 2.42 bits per heavy atom. The summed E-state index contributed by atoms with van der Waals surface area (Å²) in [6, 6.07) is 0.698. The monoisotopic (exact) mass is 169 g/mol. The second-order valence-electron chi connectivity index (χ2n) is 4.26. The van der Waals surface area contributed by atoms with Crippen molar-refractivity contribution in [2.75, 3.05) is 6.54 Å². The highest BCUT2D eigenvalue weighted by atomic mass is 16.1. The molecule has 12 heavy (non-hydrogen) atoms. The van der Waals surface area contributed by atoms with Crippen molar-refractivity contribution in [1.82, 2.24) is 4.90 Å². The highest BCUT2D eigenvalue weighted by Crippen LogP contribution is 2.25. The van der Waals surface area contributed by atoms with Gasteiger partial charge in [-0.15, -0.1) is 0 Å². The van der Waals surface area contributed by atoms with Crippen LogP contribution in [0.3, 0.4) is 0 Å². The number of likely N-dealkylation sites (tertiary alicyclic amines) is 1. The molecule has 0 radical (unpaired) electrons. The van der Waals surface area contributed by atoms with E-state index in [4.69, 9.17) is 0 Å². The zero-order valence-electron chi connectivity index (χ0n) is 8.50. The average molecular weight is 169 g/mol. The molecule has 0 spiro atoms. The topological polar surface area (TPSA) is 20.3 Å². The second kappa shape index (κ2) is 3.56. The average Bonchev–Trinajstić information content (AvgIpc) is 2.31. The van der Waals surface area contributed by atoms with E-state index < -0.39 is 0 Å². The normalized spacial score (nSPS) is 31.4. The lowest BCUT2D eigenvalue weighted by Crippen LogP contribution is -2.39. The molecule has 0 aromatic heterocycles. The Morgan fingerprint density at radius 2 is 2.08 bits per heavy atom. The van der Waals surface area contributed by atoms with Crippen LogP contribution >= 0.6 is 0 Å². The molecular weight excluding hydrogens is 150 g/mol. The standard InChI is InChI=1S/C10H19NO/c1-7(2)11-6-8(3)5-10(11)9(4)12/h7-8,10H,5-6H2,1-4H3/t8-,10+/m1/s1. The summed E-state index contributed by atoms with van der Waals surface area (Å²) in [5.41, 5.74) is 0. The largest absolute Gasteiger partial charge is 0.298 e. The van der Waals surface area contributed by atoms with Crippen LogP contribution in [0.25, 0.3) is 0 Å². The van der Waals surface area contributed by atoms with Gasteiger partial charge in [0.25, 0.3) is 0 Å². The van der Waals surface area contributed by atoms with Crippen LogP contribution in [-0.2, 0) is 4.79 Å². The van der Waals surface area contributed by atoms with Crippen LogP contribution < -0.4 is 0 Å². The van der Waals surface area contributed by atoms with Gasteiger partial charge in [0.15, 0.2) is 0 Å². The van der Waals surface area contributed by atoms with Gasteiger partial charge in [0.05, 0.1) is 6.04 Å². The number of carbonyl (C=O) groups excluding carboxylic acids is 1. The van der Waals surface area contributed by atoms with Crippen molar-refractivity contribution < 1.29 is 4.79 Å². The van der Waals surface area contributed by atoms with Crippen LogP contribution in [0.4, 0.5) is 0 Å². The molecule has 1 aliphatic rings. The van der Waals surface area contributed by atoms with Gasteiger partial charge in [-0.05, 0) is 33.1 Å². The van der Waals surface area contributed by atoms with E-state index in [1.54, 1.807) is 6.92 Å². The second-order valence-corrected chi connectivity index (χ2v) is 4.26. The maximum absolute atomic E-state index is 11.3. The van der Waals surface area contributed by atoms with Crippen molar-refractivity contribution in [3.05, 3.63) is 0 Å². The number of ketones is 1. The Balaban J connectivity index is 2.65. The summed E-state index contributed by atoms with van der Waals surface area (Å²) >= 11 is 0. The van der Waals surface area contributed by atoms with Gasteiger partial charge in [0.2, 0.25) is 0 Å². The zero-order chi connectivity index (χ0) is 9.30. The highest BCUT2D eigenvalue weighted by molar-refractivity contribution is 5.81. The molecule has 1 rings (SSSR count). The lowest BCUT2D eigenvalue weighted by molar-refractivity contribution is -0.121. The van der Waals surface area contributed by atoms with E-state index in [0.717, 1.165) is 13.0 Å². The molecule has 0 bridgehead atoms. The Labute approximate surface area is 74.9 Å². The molecule has 1 saturated heterocycles. The van der Waals surface area contributed by atoms with Crippen molar-refractivity contribution in [3.63, 3.8) is 0 Å². The third-order valence-corrected chi connectivity index (χ3v) is 2.68. The van der Waals surface area contributed by atoms with Gasteiger partial charge in [-0.2, -0.15) is 0 Å². The van der Waals surface area contributed by atoms with E-state index >= 15 is 0 Å². The minimum absolute atomic E-state index is 0.194. The first-order chi connectivity index (χ1) is 5.52. The predicted molar refractivity (Wildman–Crippen MR) is 50.1 cm³/mol. The smallest absolute Gasteiger partial charge is 0.146 e. The minimum Gasteiger partial charge on any atom is -0.298 e. The molecule has 2 heteroatoms. The van der Waals surface area contributed by atoms with Crippen LogP contribution in [0.1, 0.15) is 34.1 Å². The lowest BCUT2D eigenvalue weighted by Gasteiger charge is -2.26. The summed E-state index contributed by atoms with van der Waals surface area (Å²) in [7, 11) is 0. The van der Waals surface area contributed by atoms with Crippen LogP contribution in [0, 0.1) is 5.92 Å². The Hall–Kier alpha value is -0.370. The molecule has 1 fully saturated rings. The molecule has 1 heterocycles. The first-order valence-corrected chi connectivity index (χ1v) is 4.78. The van der Waals surface area contributed by atoms with Gasteiger partial charge in [-0.25, -0.2) is 0 Å². The number of nitrogens with zero attached hydrogens (tertiary/aromatic N) is 1. The van der Waals surface area contributed by atoms with Gasteiger partial charge in [0, 0.05) is 12.6 Å². The van der Waals surface area contributed by atoms with Crippen LogP contribution in [0.15, 0.2) is 0 Å². The first kappa shape index (κ1) is 9.72. The van der Waals surface area contributed by atoms with Crippen molar-refractivity contribution >= 4 is 5.78 Å². The van der Waals surface area contributed by atoms with E-state index in [1.807, 2.05) is 0 Å². The number of hydrogen-bond acceptors (Lipinski definition) is 2. The van der Waals surface area contributed by atoms with Crippen molar-refractivity contribution in [1.29, 1.82) is 0 Å². The maximum Gasteiger partial charge on any atom is 0.146 e. The van der Waals surface area contributed by atoms with Crippen LogP contribution in [0.5, 0.6) is 0 Å². The highest BCUT2D eigenvalue weighted by Gasteiger charge is 2.33. The quantitative estimate of drug-likeness (QED) is 0.627. The fraction of sp³-hybridized carbons (Fsp3) is 0.900. The van der Waals surface area contributed by atoms with Crippen molar-refractivity contribution in [3.8, 4) is 0 Å². The molecule has 1 aliphatic heterocycles. The molecule has 2 nitrogen and oxygen atoms in total. The fourth-order valence-electron chi connectivity index (χ4n) is 2.05. The fourth-order valence-corrected chi connectivity index (χ4v) is 2.05. The molecular formula is C10H19NO. The van der Waals surface area contributed by atoms with Gasteiger partial charge < -0.3 is 0 Å². The first-order valence-electron chi connectivity index (χ1n) is 4.78. The Bertz CT molecular complexity index is 177. The minimum atomic E-state index is 0.194. The molecule has 0 N–H and O–H groups in total. The van der Waals surface area contributed by atoms with Gasteiger partial charge in [0.1, 0.15) is 5.78 Å². The summed E-state index contributed by atoms with van der Waals surface area (Å²) < 4.78 is 0. The Morgan fingerprint density at radius 1 is 1.50 bits per heavy atom. The maximum atomic E-state index is 11.3. The third kappa shape index (κ3) is 1.86. The number of rotatable bonds is 2. The number of carbonyl (C=O) groups is 1. The number of Topliss-reactive ketones (excluding diaryl/α,β-unsaturated/α-hetero) is 1. The Kier molecular flexibility index (Phi) is 2.89. The van der Waals surface area contributed by atoms with E-state index in [2.05, 4.69) is 25.7 Å². The summed E-state index contributed by atoms with van der Waals surface area (Å²) in [5, 5.41) is 0. The van der Waals surface area contributed by atoms with Gasteiger partial charge >= 0.3 is 0 Å². The SMILES string of the molecule is CC(=O)[C@@H]1C[C@@H](C)CN1C(C)C. The third-order valence-electron chi connectivity index (χ3n) is 2.68. The molecule has 0 aromatic rings. The molecule has 0 aliphatic carbocycles. The van der Waals surface area contributed by atoms with Crippen LogP contribution in [-0.4, -0.2) is 29.3 Å². The molecule has 0 amide bonds. The van der Waals surface area contributed by atoms with E-state index in [0.29, 0.717) is 17.7 Å². The predicted octanol–water partition coefficient (Wildman–Crippen LogP) is 1.69. The molecule has 2 atom stereocenters. The molecule has 0 unspecified atom stereocenters. The zero-order valence-corrected chi connectivity index (χ0v) is 8.50. The van der Waals surface area contributed by atoms with E-state index in [1.165, 1.54) is 0 Å².